The molecule has 2 aliphatic rings. The van der Waals surface area contributed by atoms with Gasteiger partial charge in [-0.3, -0.25) is 4.79 Å². The number of hydrogen-bond donors (Lipinski definition) is 3. The van der Waals surface area contributed by atoms with E-state index in [0.717, 1.165) is 12.1 Å². The third kappa shape index (κ3) is 5.93. The number of ether oxygens (including phenoxy) is 1. The molecular weight excluding hydrogens is 537 g/mol. The topological polar surface area (TPSA) is 114 Å². The number of carboxylic acid groups (broad SMARTS) is 1. The van der Waals surface area contributed by atoms with Crippen molar-refractivity contribution in [3.8, 4) is 17.0 Å². The summed E-state index contributed by atoms with van der Waals surface area (Å²) in [7, 11) is 0. The maximum atomic E-state index is 14.1. The number of carboxylic acids is 1. The molecule has 0 bridgehead atoms. The van der Waals surface area contributed by atoms with E-state index < -0.39 is 35.9 Å². The van der Waals surface area contributed by atoms with E-state index in [2.05, 4.69) is 15.3 Å². The van der Waals surface area contributed by atoms with E-state index in [1.165, 1.54) is 30.3 Å². The fourth-order valence-electron chi connectivity index (χ4n) is 5.35. The minimum Gasteiger partial charge on any atom is -0.480 e. The van der Waals surface area contributed by atoms with Gasteiger partial charge in [-0.05, 0) is 47.9 Å². The smallest absolute Gasteiger partial charge is 0.429 e. The fourth-order valence-corrected chi connectivity index (χ4v) is 5.35. The third-order valence-corrected chi connectivity index (χ3v) is 7.46. The van der Waals surface area contributed by atoms with Crippen LogP contribution in [0.4, 0.5) is 33.7 Å². The second kappa shape index (κ2) is 10.5. The molecule has 0 saturated carbocycles. The number of nitrogens with one attached hydrogen (secondary N) is 1. The molecule has 40 heavy (non-hydrogen) atoms. The van der Waals surface area contributed by atoms with Gasteiger partial charge < -0.3 is 25.8 Å². The van der Waals surface area contributed by atoms with E-state index in [1.54, 1.807) is 0 Å². The summed E-state index contributed by atoms with van der Waals surface area (Å²) >= 11 is 0. The van der Waals surface area contributed by atoms with E-state index >= 15 is 0 Å². The van der Waals surface area contributed by atoms with Gasteiger partial charge in [-0.1, -0.05) is 24.3 Å². The van der Waals surface area contributed by atoms with Gasteiger partial charge >= 0.3 is 12.1 Å². The lowest BCUT2D eigenvalue weighted by atomic mass is 9.76. The molecule has 1 aromatic heterocycles. The summed E-state index contributed by atoms with van der Waals surface area (Å²) in [5.74, 6) is -2.81. The van der Waals surface area contributed by atoms with Crippen LogP contribution in [-0.4, -0.2) is 52.9 Å². The highest BCUT2D eigenvalue weighted by molar-refractivity contribution is 5.74. The molecule has 2 aliphatic heterocycles. The van der Waals surface area contributed by atoms with Crippen molar-refractivity contribution in [3.05, 3.63) is 65.7 Å². The Kier molecular flexibility index (Phi) is 7.25. The van der Waals surface area contributed by atoms with Crippen molar-refractivity contribution in [1.82, 2.24) is 15.3 Å². The van der Waals surface area contributed by atoms with Crippen LogP contribution < -0.4 is 20.7 Å². The van der Waals surface area contributed by atoms with Gasteiger partial charge in [0.1, 0.15) is 23.5 Å². The standard InChI is InChI=1S/C27H26F5N5O3/c28-18-9-17(10-19(29)11-18)15-1-3-16(4-2-15)23(27(30,31)32)40-22-12-21(35-25(33)36-22)37-7-5-26(6-8-37)13-20(24(38)39)34-14-26/h1-4,9-12,20,23,34H,5-8,13-14H2,(H,38,39)(H2,33,35,36)/t20?,23-/m1/s1. The van der Waals surface area contributed by atoms with Crippen molar-refractivity contribution >= 4 is 17.7 Å². The van der Waals surface area contributed by atoms with Crippen molar-refractivity contribution in [2.45, 2.75) is 37.6 Å². The summed E-state index contributed by atoms with van der Waals surface area (Å²) in [5, 5.41) is 12.3. The molecule has 0 aliphatic carbocycles. The molecule has 13 heteroatoms. The van der Waals surface area contributed by atoms with E-state index in [9.17, 15) is 31.9 Å². The quantitative estimate of drug-likeness (QED) is 0.370. The van der Waals surface area contributed by atoms with Crippen molar-refractivity contribution in [2.24, 2.45) is 5.41 Å². The number of alkyl halides is 3. The number of halogens is 5. The summed E-state index contributed by atoms with van der Waals surface area (Å²) in [5.41, 5.74) is 5.92. The molecule has 8 nitrogen and oxygen atoms in total. The normalized spacial score (nSPS) is 19.5. The van der Waals surface area contributed by atoms with Gasteiger partial charge in [-0.15, -0.1) is 0 Å². The van der Waals surface area contributed by atoms with Crippen LogP contribution >= 0.6 is 0 Å². The monoisotopic (exact) mass is 563 g/mol. The molecule has 1 unspecified atom stereocenters. The van der Waals surface area contributed by atoms with Crippen LogP contribution in [0.15, 0.2) is 48.5 Å². The summed E-state index contributed by atoms with van der Waals surface area (Å²) in [4.78, 5) is 21.2. The van der Waals surface area contributed by atoms with Gasteiger partial charge in [-0.25, -0.2) is 8.78 Å². The molecule has 2 fully saturated rings. The Balaban J connectivity index is 1.33. The molecule has 2 atom stereocenters. The first kappa shape index (κ1) is 27.6. The van der Waals surface area contributed by atoms with Gasteiger partial charge in [0.05, 0.1) is 0 Å². The average Bonchev–Trinajstić information content (AvgIpc) is 3.30. The van der Waals surface area contributed by atoms with E-state index in [-0.39, 0.29) is 28.4 Å². The lowest BCUT2D eigenvalue weighted by molar-refractivity contribution is -0.198. The zero-order valence-corrected chi connectivity index (χ0v) is 21.1. The molecule has 4 N–H and O–H groups in total. The first-order valence-corrected chi connectivity index (χ1v) is 12.6. The maximum Gasteiger partial charge on any atom is 0.429 e. The zero-order valence-electron chi connectivity index (χ0n) is 21.1. The predicted molar refractivity (Wildman–Crippen MR) is 136 cm³/mol. The number of carbonyl (C=O) groups is 1. The summed E-state index contributed by atoms with van der Waals surface area (Å²) in [6.45, 7) is 1.60. The number of nitrogens with zero attached hydrogens (tertiary/aromatic N) is 3. The Morgan fingerprint density at radius 3 is 2.27 bits per heavy atom. The molecule has 0 radical (unpaired) electrons. The highest BCUT2D eigenvalue weighted by atomic mass is 19.4. The number of rotatable bonds is 6. The van der Waals surface area contributed by atoms with Crippen LogP contribution in [0.3, 0.4) is 0 Å². The molecule has 2 saturated heterocycles. The highest BCUT2D eigenvalue weighted by Gasteiger charge is 2.45. The summed E-state index contributed by atoms with van der Waals surface area (Å²) in [6, 6.07) is 8.56. The molecular formula is C27H26F5N5O3. The van der Waals surface area contributed by atoms with Crippen LogP contribution in [0.1, 0.15) is 30.9 Å². The number of aromatic nitrogens is 2. The van der Waals surface area contributed by atoms with E-state index in [0.29, 0.717) is 56.3 Å². The molecule has 3 heterocycles. The number of benzene rings is 2. The minimum absolute atomic E-state index is 0.164. The predicted octanol–water partition coefficient (Wildman–Crippen LogP) is 4.72. The lowest BCUT2D eigenvalue weighted by Crippen LogP contribution is -2.41. The van der Waals surface area contributed by atoms with Crippen LogP contribution in [0.2, 0.25) is 0 Å². The average molecular weight is 564 g/mol. The highest BCUT2D eigenvalue weighted by Crippen LogP contribution is 2.41. The van der Waals surface area contributed by atoms with Crippen molar-refractivity contribution in [3.63, 3.8) is 0 Å². The van der Waals surface area contributed by atoms with Crippen molar-refractivity contribution in [1.29, 1.82) is 0 Å². The number of nitrogens with two attached hydrogens (primary N) is 1. The molecule has 0 amide bonds. The Hall–Kier alpha value is -4.00. The number of nitrogen functional groups attached to an aromatic ring is 1. The van der Waals surface area contributed by atoms with Gasteiger partial charge in [0, 0.05) is 37.3 Å². The van der Waals surface area contributed by atoms with E-state index in [4.69, 9.17) is 10.5 Å². The minimum atomic E-state index is -4.82. The maximum absolute atomic E-state index is 14.1. The molecule has 212 valence electrons. The SMILES string of the molecule is Nc1nc(O[C@H](c2ccc(-c3cc(F)cc(F)c3)cc2)C(F)(F)F)cc(N2CCC3(CC2)CNC(C(=O)O)C3)n1. The number of anilines is 2. The number of piperidine rings is 1. The number of aliphatic carboxylic acids is 1. The first-order chi connectivity index (χ1) is 18.9. The first-order valence-electron chi connectivity index (χ1n) is 12.6. The van der Waals surface area contributed by atoms with Crippen LogP contribution in [-0.2, 0) is 4.79 Å². The zero-order chi connectivity index (χ0) is 28.7. The summed E-state index contributed by atoms with van der Waals surface area (Å²) in [6.07, 6.45) is -5.35. The van der Waals surface area contributed by atoms with Gasteiger partial charge in [-0.2, -0.15) is 23.1 Å². The Labute approximate surface area is 226 Å². The van der Waals surface area contributed by atoms with Gasteiger partial charge in [0.25, 0.3) is 0 Å². The molecule has 3 aromatic rings. The van der Waals surface area contributed by atoms with Crippen LogP contribution in [0.5, 0.6) is 5.88 Å². The Bertz CT molecular complexity index is 1370. The Morgan fingerprint density at radius 2 is 1.70 bits per heavy atom. The lowest BCUT2D eigenvalue weighted by Gasteiger charge is -2.39. The number of hydrogen-bond acceptors (Lipinski definition) is 7. The van der Waals surface area contributed by atoms with Crippen LogP contribution in [0.25, 0.3) is 11.1 Å². The van der Waals surface area contributed by atoms with E-state index in [1.807, 2.05) is 4.90 Å². The molecule has 1 spiro atoms. The summed E-state index contributed by atoms with van der Waals surface area (Å²) < 4.78 is 74.7. The third-order valence-electron chi connectivity index (χ3n) is 7.46. The largest absolute Gasteiger partial charge is 0.480 e. The fraction of sp³-hybridized carbons (Fsp3) is 0.370. The van der Waals surface area contributed by atoms with Gasteiger partial charge in [0.2, 0.25) is 17.9 Å². The molecule has 2 aromatic carbocycles. The van der Waals surface area contributed by atoms with Crippen molar-refractivity contribution < 1.29 is 36.6 Å². The molecule has 5 rings (SSSR count). The van der Waals surface area contributed by atoms with Gasteiger partial charge in [0.15, 0.2) is 0 Å². The Morgan fingerprint density at radius 1 is 1.05 bits per heavy atom. The second-order valence-corrected chi connectivity index (χ2v) is 10.2. The van der Waals surface area contributed by atoms with Crippen molar-refractivity contribution in [2.75, 3.05) is 30.3 Å². The van der Waals surface area contributed by atoms with Crippen LogP contribution in [0, 0.1) is 17.0 Å². The second-order valence-electron chi connectivity index (χ2n) is 10.2.